The minimum atomic E-state index is -4.68. The van der Waals surface area contributed by atoms with E-state index in [2.05, 4.69) is 5.32 Å². The molecule has 0 aliphatic carbocycles. The third-order valence-electron chi connectivity index (χ3n) is 2.44. The van der Waals surface area contributed by atoms with E-state index in [1.807, 2.05) is 6.92 Å². The van der Waals surface area contributed by atoms with Crippen LogP contribution in [0.1, 0.15) is 30.6 Å². The van der Waals surface area contributed by atoms with Crippen LogP contribution >= 0.6 is 0 Å². The molecule has 6 heteroatoms. The van der Waals surface area contributed by atoms with E-state index in [0.29, 0.717) is 12.6 Å². The molecule has 1 aromatic rings. The number of hydrogen-bond acceptors (Lipinski definition) is 2. The van der Waals surface area contributed by atoms with Crippen molar-refractivity contribution in [2.45, 2.75) is 25.6 Å². The first-order valence-electron chi connectivity index (χ1n) is 5.61. The van der Waals surface area contributed by atoms with Gasteiger partial charge in [-0.05, 0) is 30.7 Å². The van der Waals surface area contributed by atoms with Crippen LogP contribution in [-0.4, -0.2) is 18.2 Å². The lowest BCUT2D eigenvalue weighted by Gasteiger charge is -2.18. The lowest BCUT2D eigenvalue weighted by atomic mass is 10.0. The third kappa shape index (κ3) is 3.96. The van der Waals surface area contributed by atoms with Crippen molar-refractivity contribution in [1.82, 2.24) is 5.32 Å². The van der Waals surface area contributed by atoms with Gasteiger partial charge in [0.25, 0.3) is 0 Å². The second-order valence-electron chi connectivity index (χ2n) is 3.95. The summed E-state index contributed by atoms with van der Waals surface area (Å²) in [5.74, 6) is -0.972. The molecule has 102 valence electrons. The number of hydrogen-bond donors (Lipinski definition) is 2. The molecule has 0 aliphatic heterocycles. The number of halogens is 4. The van der Waals surface area contributed by atoms with Gasteiger partial charge in [0.2, 0.25) is 0 Å². The van der Waals surface area contributed by atoms with Gasteiger partial charge in [0, 0.05) is 6.54 Å². The average Bonchev–Trinajstić information content (AvgIpc) is 2.28. The minimum Gasteiger partial charge on any atom is -0.387 e. The first-order valence-corrected chi connectivity index (χ1v) is 5.61. The second kappa shape index (κ2) is 6.15. The Balaban J connectivity index is 2.93. The van der Waals surface area contributed by atoms with E-state index in [9.17, 15) is 22.7 Å². The zero-order chi connectivity index (χ0) is 13.8. The fourth-order valence-electron chi connectivity index (χ4n) is 1.59. The first kappa shape index (κ1) is 14.9. The third-order valence-corrected chi connectivity index (χ3v) is 2.44. The van der Waals surface area contributed by atoms with E-state index >= 15 is 0 Å². The van der Waals surface area contributed by atoms with Crippen LogP contribution < -0.4 is 5.32 Å². The summed E-state index contributed by atoms with van der Waals surface area (Å²) in [6.45, 7) is 2.50. The number of aliphatic hydroxyl groups is 1. The molecular formula is C12H15F4NO. The molecule has 2 N–H and O–H groups in total. The number of rotatable bonds is 5. The van der Waals surface area contributed by atoms with E-state index in [1.54, 1.807) is 0 Å². The summed E-state index contributed by atoms with van der Waals surface area (Å²) in [6, 6.07) is 2.28. The topological polar surface area (TPSA) is 32.3 Å². The van der Waals surface area contributed by atoms with Crippen molar-refractivity contribution < 1.29 is 22.7 Å². The summed E-state index contributed by atoms with van der Waals surface area (Å²) in [5, 5.41) is 12.5. The SMILES string of the molecule is CCCNCC(O)c1ccc(F)cc1C(F)(F)F. The van der Waals surface area contributed by atoms with Crippen LogP contribution in [0.2, 0.25) is 0 Å². The molecule has 0 bridgehead atoms. The fourth-order valence-corrected chi connectivity index (χ4v) is 1.59. The maximum atomic E-state index is 12.9. The van der Waals surface area contributed by atoms with Gasteiger partial charge in [0.15, 0.2) is 0 Å². The highest BCUT2D eigenvalue weighted by molar-refractivity contribution is 5.32. The largest absolute Gasteiger partial charge is 0.416 e. The number of alkyl halides is 3. The van der Waals surface area contributed by atoms with Crippen molar-refractivity contribution in [2.24, 2.45) is 0 Å². The van der Waals surface area contributed by atoms with E-state index in [-0.39, 0.29) is 12.1 Å². The highest BCUT2D eigenvalue weighted by atomic mass is 19.4. The molecule has 0 saturated carbocycles. The Morgan fingerprint density at radius 2 is 2.00 bits per heavy atom. The van der Waals surface area contributed by atoms with Crippen LogP contribution in [-0.2, 0) is 6.18 Å². The van der Waals surface area contributed by atoms with E-state index in [4.69, 9.17) is 0 Å². The van der Waals surface area contributed by atoms with E-state index < -0.39 is 23.7 Å². The van der Waals surface area contributed by atoms with Gasteiger partial charge in [0.05, 0.1) is 11.7 Å². The molecule has 18 heavy (non-hydrogen) atoms. The zero-order valence-electron chi connectivity index (χ0n) is 9.89. The quantitative estimate of drug-likeness (QED) is 0.634. The maximum absolute atomic E-state index is 12.9. The Morgan fingerprint density at radius 3 is 2.56 bits per heavy atom. The van der Waals surface area contributed by atoms with E-state index in [0.717, 1.165) is 18.6 Å². The molecule has 0 spiro atoms. The molecule has 0 radical (unpaired) electrons. The normalized spacial score (nSPS) is 13.7. The molecule has 2 nitrogen and oxygen atoms in total. The Labute approximate surface area is 103 Å². The lowest BCUT2D eigenvalue weighted by Crippen LogP contribution is -2.24. The zero-order valence-corrected chi connectivity index (χ0v) is 9.89. The number of nitrogens with one attached hydrogen (secondary N) is 1. The summed E-state index contributed by atoms with van der Waals surface area (Å²) in [4.78, 5) is 0. The molecule has 0 aromatic heterocycles. The van der Waals surface area contributed by atoms with Gasteiger partial charge < -0.3 is 10.4 Å². The summed E-state index contributed by atoms with van der Waals surface area (Å²) in [7, 11) is 0. The predicted octanol–water partition coefficient (Wildman–Crippen LogP) is 2.88. The van der Waals surface area contributed by atoms with Crippen LogP contribution in [0.3, 0.4) is 0 Å². The highest BCUT2D eigenvalue weighted by Crippen LogP contribution is 2.34. The van der Waals surface area contributed by atoms with Crippen molar-refractivity contribution in [3.8, 4) is 0 Å². The smallest absolute Gasteiger partial charge is 0.387 e. The van der Waals surface area contributed by atoms with Crippen LogP contribution in [0, 0.1) is 5.82 Å². The van der Waals surface area contributed by atoms with E-state index in [1.165, 1.54) is 0 Å². The standard InChI is InChI=1S/C12H15F4NO/c1-2-5-17-7-11(18)9-4-3-8(13)6-10(9)12(14,15)16/h3-4,6,11,17-18H,2,5,7H2,1H3. The van der Waals surface area contributed by atoms with Gasteiger partial charge in [0.1, 0.15) is 5.82 Å². The Hall–Kier alpha value is -1.14. The Morgan fingerprint density at radius 1 is 1.33 bits per heavy atom. The monoisotopic (exact) mass is 265 g/mol. The Kier molecular flexibility index (Phi) is 5.10. The summed E-state index contributed by atoms with van der Waals surface area (Å²) in [5.41, 5.74) is -1.44. The first-order chi connectivity index (χ1) is 8.36. The van der Waals surface area contributed by atoms with Crippen molar-refractivity contribution in [2.75, 3.05) is 13.1 Å². The van der Waals surface area contributed by atoms with Crippen LogP contribution in [0.5, 0.6) is 0 Å². The van der Waals surface area contributed by atoms with Crippen molar-refractivity contribution in [3.63, 3.8) is 0 Å². The summed E-state index contributed by atoms with van der Waals surface area (Å²) in [6.07, 6.45) is -5.18. The van der Waals surface area contributed by atoms with Gasteiger partial charge >= 0.3 is 6.18 Å². The van der Waals surface area contributed by atoms with Gasteiger partial charge in [-0.2, -0.15) is 13.2 Å². The van der Waals surface area contributed by atoms with Crippen LogP contribution in [0.15, 0.2) is 18.2 Å². The van der Waals surface area contributed by atoms with Gasteiger partial charge in [-0.3, -0.25) is 0 Å². The number of benzene rings is 1. The van der Waals surface area contributed by atoms with Crippen molar-refractivity contribution >= 4 is 0 Å². The van der Waals surface area contributed by atoms with Crippen molar-refractivity contribution in [3.05, 3.63) is 35.1 Å². The molecule has 0 saturated heterocycles. The van der Waals surface area contributed by atoms with Gasteiger partial charge in [-0.1, -0.05) is 13.0 Å². The number of aliphatic hydroxyl groups excluding tert-OH is 1. The van der Waals surface area contributed by atoms with Crippen LogP contribution in [0.25, 0.3) is 0 Å². The van der Waals surface area contributed by atoms with Gasteiger partial charge in [-0.25, -0.2) is 4.39 Å². The summed E-state index contributed by atoms with van der Waals surface area (Å²) >= 11 is 0. The molecule has 0 heterocycles. The fraction of sp³-hybridized carbons (Fsp3) is 0.500. The molecular weight excluding hydrogens is 250 g/mol. The van der Waals surface area contributed by atoms with Gasteiger partial charge in [-0.15, -0.1) is 0 Å². The predicted molar refractivity (Wildman–Crippen MR) is 59.5 cm³/mol. The Bertz CT molecular complexity index is 392. The molecule has 0 amide bonds. The molecule has 1 atom stereocenters. The minimum absolute atomic E-state index is 0.00253. The molecule has 1 rings (SSSR count). The van der Waals surface area contributed by atoms with Crippen molar-refractivity contribution in [1.29, 1.82) is 0 Å². The maximum Gasteiger partial charge on any atom is 0.416 e. The second-order valence-corrected chi connectivity index (χ2v) is 3.95. The highest BCUT2D eigenvalue weighted by Gasteiger charge is 2.35. The molecule has 1 unspecified atom stereocenters. The molecule has 0 fully saturated rings. The summed E-state index contributed by atoms with van der Waals surface area (Å²) < 4.78 is 50.9. The molecule has 1 aromatic carbocycles. The molecule has 0 aliphatic rings. The van der Waals surface area contributed by atoms with Crippen LogP contribution in [0.4, 0.5) is 17.6 Å². The average molecular weight is 265 g/mol. The lowest BCUT2D eigenvalue weighted by molar-refractivity contribution is -0.139.